The number of carbonyl (C=O) groups is 3. The van der Waals surface area contributed by atoms with Gasteiger partial charge in [0.05, 0.1) is 5.69 Å². The van der Waals surface area contributed by atoms with Crippen molar-refractivity contribution in [2.24, 2.45) is 0 Å². The van der Waals surface area contributed by atoms with Gasteiger partial charge in [0.2, 0.25) is 0 Å². The average molecular weight is 377 g/mol. The summed E-state index contributed by atoms with van der Waals surface area (Å²) in [5, 5.41) is 2.27. The molecular weight excluding hydrogens is 354 g/mol. The quantitative estimate of drug-likeness (QED) is 0.650. The van der Waals surface area contributed by atoms with Crippen LogP contribution in [0.3, 0.4) is 0 Å². The summed E-state index contributed by atoms with van der Waals surface area (Å²) in [5.74, 6) is -1.27. The standard InChI is InChI=1S/C22H23N3O3/c1-15-7-9-18(10-8-15)25-21(27)19(20(26)23-22(25)28)13-16-11-12-24(14-16)17-5-3-2-4-6-17/h7-14,17H,2-6H2,1H3,(H,23,26,28)/b19-13-. The fourth-order valence-electron chi connectivity index (χ4n) is 3.87. The summed E-state index contributed by atoms with van der Waals surface area (Å²) < 4.78 is 2.17. The third-order valence-electron chi connectivity index (χ3n) is 5.44. The molecule has 0 unspecified atom stereocenters. The number of hydrogen-bond acceptors (Lipinski definition) is 3. The van der Waals surface area contributed by atoms with E-state index in [0.717, 1.165) is 28.9 Å². The lowest BCUT2D eigenvalue weighted by molar-refractivity contribution is -0.122. The van der Waals surface area contributed by atoms with Crippen molar-refractivity contribution >= 4 is 29.6 Å². The van der Waals surface area contributed by atoms with Crippen molar-refractivity contribution in [3.8, 4) is 0 Å². The molecule has 1 saturated heterocycles. The molecule has 144 valence electrons. The van der Waals surface area contributed by atoms with E-state index in [-0.39, 0.29) is 5.57 Å². The molecule has 4 amide bonds. The van der Waals surface area contributed by atoms with Gasteiger partial charge in [-0.25, -0.2) is 9.69 Å². The van der Waals surface area contributed by atoms with Crippen molar-refractivity contribution in [3.05, 3.63) is 59.4 Å². The van der Waals surface area contributed by atoms with E-state index in [1.165, 1.54) is 19.3 Å². The number of rotatable bonds is 3. The van der Waals surface area contributed by atoms with Gasteiger partial charge < -0.3 is 4.57 Å². The van der Waals surface area contributed by atoms with Crippen LogP contribution in [0.5, 0.6) is 0 Å². The summed E-state index contributed by atoms with van der Waals surface area (Å²) in [7, 11) is 0. The van der Waals surface area contributed by atoms with Crippen molar-refractivity contribution in [2.45, 2.75) is 45.1 Å². The second-order valence-electron chi connectivity index (χ2n) is 7.48. The minimum absolute atomic E-state index is 0.0402. The molecule has 1 aliphatic carbocycles. The lowest BCUT2D eigenvalue weighted by atomic mass is 9.95. The SMILES string of the molecule is Cc1ccc(N2C(=O)NC(=O)/C(=C/c3ccn(C4CCCCC4)c3)C2=O)cc1. The predicted molar refractivity (Wildman–Crippen MR) is 107 cm³/mol. The minimum atomic E-state index is -0.726. The highest BCUT2D eigenvalue weighted by molar-refractivity contribution is 6.39. The van der Waals surface area contributed by atoms with Crippen LogP contribution in [0.4, 0.5) is 10.5 Å². The van der Waals surface area contributed by atoms with E-state index in [0.29, 0.717) is 11.7 Å². The monoisotopic (exact) mass is 377 g/mol. The summed E-state index contributed by atoms with van der Waals surface area (Å²) in [6.07, 6.45) is 11.6. The topological polar surface area (TPSA) is 71.4 Å². The zero-order valence-electron chi connectivity index (χ0n) is 15.9. The number of aromatic nitrogens is 1. The van der Waals surface area contributed by atoms with Crippen LogP contribution in [-0.4, -0.2) is 22.4 Å². The van der Waals surface area contributed by atoms with Crippen LogP contribution in [0.15, 0.2) is 48.3 Å². The molecule has 2 fully saturated rings. The summed E-state index contributed by atoms with van der Waals surface area (Å²) in [6.45, 7) is 1.92. The number of imide groups is 2. The molecule has 2 aromatic rings. The van der Waals surface area contributed by atoms with Crippen molar-refractivity contribution in [2.75, 3.05) is 4.90 Å². The fraction of sp³-hybridized carbons (Fsp3) is 0.318. The molecule has 2 heterocycles. The Bertz CT molecular complexity index is 950. The summed E-state index contributed by atoms with van der Waals surface area (Å²) in [4.78, 5) is 38.5. The second-order valence-corrected chi connectivity index (χ2v) is 7.48. The Morgan fingerprint density at radius 1 is 1.00 bits per heavy atom. The van der Waals surface area contributed by atoms with E-state index in [9.17, 15) is 14.4 Å². The van der Waals surface area contributed by atoms with E-state index in [4.69, 9.17) is 0 Å². The highest BCUT2D eigenvalue weighted by Crippen LogP contribution is 2.29. The van der Waals surface area contributed by atoms with E-state index < -0.39 is 17.8 Å². The highest BCUT2D eigenvalue weighted by Gasteiger charge is 2.36. The van der Waals surface area contributed by atoms with Crippen LogP contribution < -0.4 is 10.2 Å². The molecule has 4 rings (SSSR count). The Balaban J connectivity index is 1.61. The van der Waals surface area contributed by atoms with Crippen LogP contribution in [0.25, 0.3) is 6.08 Å². The van der Waals surface area contributed by atoms with Gasteiger partial charge in [0.15, 0.2) is 0 Å². The van der Waals surface area contributed by atoms with Gasteiger partial charge in [-0.2, -0.15) is 0 Å². The number of amides is 4. The maximum atomic E-state index is 12.9. The van der Waals surface area contributed by atoms with Gasteiger partial charge in [0.25, 0.3) is 11.8 Å². The molecule has 0 radical (unpaired) electrons. The molecule has 2 aliphatic rings. The summed E-state index contributed by atoms with van der Waals surface area (Å²) in [6, 6.07) is 8.67. The van der Waals surface area contributed by atoms with Crippen molar-refractivity contribution < 1.29 is 14.4 Å². The molecule has 6 nitrogen and oxygen atoms in total. The Morgan fingerprint density at radius 3 is 2.43 bits per heavy atom. The van der Waals surface area contributed by atoms with Gasteiger partial charge >= 0.3 is 6.03 Å². The molecular formula is C22H23N3O3. The number of barbiturate groups is 1. The molecule has 1 saturated carbocycles. The molecule has 0 atom stereocenters. The first-order valence-corrected chi connectivity index (χ1v) is 9.68. The number of nitrogens with one attached hydrogen (secondary N) is 1. The second kappa shape index (κ2) is 7.46. The minimum Gasteiger partial charge on any atom is -0.351 e. The van der Waals surface area contributed by atoms with Crippen molar-refractivity contribution in [3.63, 3.8) is 0 Å². The van der Waals surface area contributed by atoms with Crippen LogP contribution in [0.2, 0.25) is 0 Å². The van der Waals surface area contributed by atoms with E-state index >= 15 is 0 Å². The molecule has 0 bridgehead atoms. The van der Waals surface area contributed by atoms with E-state index in [1.54, 1.807) is 18.2 Å². The third kappa shape index (κ3) is 3.50. The maximum absolute atomic E-state index is 12.9. The first-order valence-electron chi connectivity index (χ1n) is 9.68. The normalized spacial score (nSPS) is 20.0. The zero-order valence-corrected chi connectivity index (χ0v) is 15.9. The molecule has 1 aromatic heterocycles. The lowest BCUT2D eigenvalue weighted by Crippen LogP contribution is -2.54. The number of hydrogen-bond donors (Lipinski definition) is 1. The van der Waals surface area contributed by atoms with Gasteiger partial charge in [-0.05, 0) is 49.6 Å². The molecule has 1 N–H and O–H groups in total. The van der Waals surface area contributed by atoms with Gasteiger partial charge in [0.1, 0.15) is 5.57 Å². The van der Waals surface area contributed by atoms with Gasteiger partial charge in [-0.3, -0.25) is 14.9 Å². The highest BCUT2D eigenvalue weighted by atomic mass is 16.2. The predicted octanol–water partition coefficient (Wildman–Crippen LogP) is 3.97. The van der Waals surface area contributed by atoms with Crippen LogP contribution in [0.1, 0.15) is 49.3 Å². The molecule has 0 spiro atoms. The van der Waals surface area contributed by atoms with Crippen LogP contribution >= 0.6 is 0 Å². The third-order valence-corrected chi connectivity index (χ3v) is 5.44. The largest absolute Gasteiger partial charge is 0.351 e. The Hall–Kier alpha value is -3.15. The number of urea groups is 1. The maximum Gasteiger partial charge on any atom is 0.335 e. The summed E-state index contributed by atoms with van der Waals surface area (Å²) in [5.41, 5.74) is 2.19. The zero-order chi connectivity index (χ0) is 19.7. The molecule has 28 heavy (non-hydrogen) atoms. The van der Waals surface area contributed by atoms with Gasteiger partial charge in [0, 0.05) is 18.4 Å². The van der Waals surface area contributed by atoms with E-state index in [2.05, 4.69) is 9.88 Å². The molecule has 1 aromatic carbocycles. The first-order chi connectivity index (χ1) is 13.5. The van der Waals surface area contributed by atoms with Gasteiger partial charge in [-0.1, -0.05) is 37.0 Å². The molecule has 1 aliphatic heterocycles. The number of nitrogens with zero attached hydrogens (tertiary/aromatic N) is 2. The Labute approximate surface area is 163 Å². The lowest BCUT2D eigenvalue weighted by Gasteiger charge is -2.26. The fourth-order valence-corrected chi connectivity index (χ4v) is 3.87. The average Bonchev–Trinajstić information content (AvgIpc) is 3.16. The van der Waals surface area contributed by atoms with Crippen LogP contribution in [-0.2, 0) is 9.59 Å². The van der Waals surface area contributed by atoms with Crippen molar-refractivity contribution in [1.82, 2.24) is 9.88 Å². The van der Waals surface area contributed by atoms with E-state index in [1.807, 2.05) is 37.5 Å². The number of carbonyl (C=O) groups excluding carboxylic acids is 3. The van der Waals surface area contributed by atoms with Gasteiger partial charge in [-0.15, -0.1) is 0 Å². The first kappa shape index (κ1) is 18.2. The smallest absolute Gasteiger partial charge is 0.335 e. The van der Waals surface area contributed by atoms with Crippen molar-refractivity contribution in [1.29, 1.82) is 0 Å². The summed E-state index contributed by atoms with van der Waals surface area (Å²) >= 11 is 0. The number of anilines is 1. The number of aryl methyl sites for hydroxylation is 1. The Kier molecular flexibility index (Phi) is 4.86. The Morgan fingerprint density at radius 2 is 1.71 bits per heavy atom. The van der Waals surface area contributed by atoms with Crippen LogP contribution in [0, 0.1) is 6.92 Å². The molecule has 6 heteroatoms. The number of benzene rings is 1.